The molecule has 4 aromatic carbocycles. The Labute approximate surface area is 145 Å². The van der Waals surface area contributed by atoms with Gasteiger partial charge in [0.2, 0.25) is 0 Å². The summed E-state index contributed by atoms with van der Waals surface area (Å²) in [4.78, 5) is 0. The maximum atomic E-state index is 2.20. The second-order valence-electron chi connectivity index (χ2n) is 5.32. The van der Waals surface area contributed by atoms with Crippen LogP contribution in [0.25, 0.3) is 21.5 Å². The average molecular weight is 350 g/mol. The SMILES string of the molecule is Cc1cc2ccccc2[cH-]1.Cc1cc2ccccc2[cH-]1.[Zr+2]. The fourth-order valence-electron chi connectivity index (χ4n) is 2.61. The van der Waals surface area contributed by atoms with E-state index in [4.69, 9.17) is 0 Å². The number of benzene rings is 2. The predicted molar refractivity (Wildman–Crippen MR) is 88.6 cm³/mol. The summed E-state index contributed by atoms with van der Waals surface area (Å²) >= 11 is 0. The van der Waals surface area contributed by atoms with E-state index in [1.807, 2.05) is 0 Å². The second-order valence-corrected chi connectivity index (χ2v) is 5.32. The summed E-state index contributed by atoms with van der Waals surface area (Å²) < 4.78 is 0. The van der Waals surface area contributed by atoms with E-state index >= 15 is 0 Å². The van der Waals surface area contributed by atoms with E-state index in [1.165, 1.54) is 32.7 Å². The molecule has 0 aliphatic rings. The summed E-state index contributed by atoms with van der Waals surface area (Å²) in [7, 11) is 0. The molecule has 0 fully saturated rings. The van der Waals surface area contributed by atoms with Crippen molar-refractivity contribution < 1.29 is 26.2 Å². The van der Waals surface area contributed by atoms with Crippen LogP contribution in [0.3, 0.4) is 0 Å². The fraction of sp³-hybridized carbons (Fsp3) is 0.100. The maximum absolute atomic E-state index is 2.20. The van der Waals surface area contributed by atoms with Crippen LogP contribution in [0.1, 0.15) is 11.1 Å². The standard InChI is InChI=1S/2C10H9.Zr/c2*1-8-6-9-4-2-3-5-10(9)7-8;/h2*2-7H,1H3;/q2*-1;+2. The topological polar surface area (TPSA) is 0 Å². The Morgan fingerprint density at radius 3 is 1.38 bits per heavy atom. The van der Waals surface area contributed by atoms with Crippen molar-refractivity contribution in [3.8, 4) is 0 Å². The molecule has 1 heteroatoms. The Morgan fingerprint density at radius 1 is 0.619 bits per heavy atom. The largest absolute Gasteiger partial charge is 2.00 e. The molecule has 0 saturated carbocycles. The van der Waals surface area contributed by atoms with Crippen LogP contribution in [0.4, 0.5) is 0 Å². The molecule has 0 nitrogen and oxygen atoms in total. The van der Waals surface area contributed by atoms with Gasteiger partial charge in [0.1, 0.15) is 0 Å². The summed E-state index contributed by atoms with van der Waals surface area (Å²) in [6.07, 6.45) is 0. The first-order valence-electron chi connectivity index (χ1n) is 6.96. The Bertz CT molecular complexity index is 695. The van der Waals surface area contributed by atoms with Gasteiger partial charge in [-0.05, 0) is 0 Å². The van der Waals surface area contributed by atoms with Crippen LogP contribution < -0.4 is 0 Å². The van der Waals surface area contributed by atoms with E-state index in [1.54, 1.807) is 0 Å². The molecule has 0 aliphatic carbocycles. The van der Waals surface area contributed by atoms with E-state index in [2.05, 4.69) is 86.6 Å². The van der Waals surface area contributed by atoms with Crippen LogP contribution in [0.15, 0.2) is 72.8 Å². The molecule has 0 heterocycles. The summed E-state index contributed by atoms with van der Waals surface area (Å²) in [6, 6.07) is 25.7. The molecule has 0 aromatic heterocycles. The smallest absolute Gasteiger partial charge is 0.165 e. The van der Waals surface area contributed by atoms with E-state index < -0.39 is 0 Å². The summed E-state index contributed by atoms with van der Waals surface area (Å²) in [5.41, 5.74) is 2.70. The van der Waals surface area contributed by atoms with Gasteiger partial charge in [-0.25, -0.2) is 0 Å². The maximum Gasteiger partial charge on any atom is 2.00 e. The van der Waals surface area contributed by atoms with Crippen molar-refractivity contribution in [1.82, 2.24) is 0 Å². The van der Waals surface area contributed by atoms with Crippen molar-refractivity contribution in [2.24, 2.45) is 0 Å². The zero-order valence-electron chi connectivity index (χ0n) is 12.4. The van der Waals surface area contributed by atoms with Crippen LogP contribution >= 0.6 is 0 Å². The van der Waals surface area contributed by atoms with Crippen molar-refractivity contribution in [1.29, 1.82) is 0 Å². The molecule has 0 atom stereocenters. The van der Waals surface area contributed by atoms with E-state index in [0.29, 0.717) is 0 Å². The Morgan fingerprint density at radius 2 is 1.00 bits per heavy atom. The molecule has 21 heavy (non-hydrogen) atoms. The van der Waals surface area contributed by atoms with Crippen LogP contribution in [0, 0.1) is 13.8 Å². The van der Waals surface area contributed by atoms with E-state index in [-0.39, 0.29) is 26.2 Å². The molecule has 0 bridgehead atoms. The minimum absolute atomic E-state index is 0. The zero-order chi connectivity index (χ0) is 13.9. The van der Waals surface area contributed by atoms with Gasteiger partial charge in [-0.15, -0.1) is 81.2 Å². The molecule has 0 unspecified atom stereocenters. The Kier molecular flexibility index (Phi) is 5.31. The number of rotatable bonds is 0. The van der Waals surface area contributed by atoms with E-state index in [9.17, 15) is 0 Å². The molecule has 102 valence electrons. The zero-order valence-corrected chi connectivity index (χ0v) is 14.9. The molecule has 0 spiro atoms. The predicted octanol–water partition coefficient (Wildman–Crippen LogP) is 5.73. The van der Waals surface area contributed by atoms with Gasteiger partial charge in [-0.3, -0.25) is 0 Å². The summed E-state index contributed by atoms with van der Waals surface area (Å²) in [5, 5.41) is 5.39. The molecule has 0 saturated heterocycles. The molecular weight excluding hydrogens is 331 g/mol. The van der Waals surface area contributed by atoms with Crippen molar-refractivity contribution in [3.05, 3.63) is 83.9 Å². The second kappa shape index (κ2) is 7.00. The van der Waals surface area contributed by atoms with Gasteiger partial charge in [-0.1, -0.05) is 26.0 Å². The third kappa shape index (κ3) is 3.80. The first-order valence-corrected chi connectivity index (χ1v) is 6.96. The van der Waals surface area contributed by atoms with Crippen LogP contribution in [-0.4, -0.2) is 0 Å². The minimum atomic E-state index is 0. The number of fused-ring (bicyclic) bond motifs is 2. The average Bonchev–Trinajstić information content (AvgIpc) is 2.99. The Hall–Kier alpha value is -1.46. The molecule has 0 aliphatic heterocycles. The van der Waals surface area contributed by atoms with Crippen LogP contribution in [0.2, 0.25) is 0 Å². The van der Waals surface area contributed by atoms with Crippen molar-refractivity contribution in [2.45, 2.75) is 13.8 Å². The van der Waals surface area contributed by atoms with Gasteiger partial charge in [-0.2, -0.15) is 12.1 Å². The first kappa shape index (κ1) is 15.9. The van der Waals surface area contributed by atoms with Crippen molar-refractivity contribution in [2.75, 3.05) is 0 Å². The normalized spacial score (nSPS) is 10.0. The van der Waals surface area contributed by atoms with Crippen LogP contribution in [0.5, 0.6) is 0 Å². The van der Waals surface area contributed by atoms with Gasteiger partial charge < -0.3 is 0 Å². The molecule has 0 radical (unpaired) electrons. The van der Waals surface area contributed by atoms with Crippen molar-refractivity contribution >= 4 is 21.5 Å². The fourth-order valence-corrected chi connectivity index (χ4v) is 2.61. The van der Waals surface area contributed by atoms with Crippen LogP contribution in [-0.2, 0) is 26.2 Å². The van der Waals surface area contributed by atoms with Gasteiger partial charge in [0.25, 0.3) is 0 Å². The molecule has 0 amide bonds. The minimum Gasteiger partial charge on any atom is -0.165 e. The van der Waals surface area contributed by atoms with E-state index in [0.717, 1.165) is 0 Å². The summed E-state index contributed by atoms with van der Waals surface area (Å²) in [6.45, 7) is 4.25. The monoisotopic (exact) mass is 348 g/mol. The third-order valence-corrected chi connectivity index (χ3v) is 3.52. The number of hydrogen-bond acceptors (Lipinski definition) is 0. The molecule has 4 rings (SSSR count). The van der Waals surface area contributed by atoms with Gasteiger partial charge in [0.15, 0.2) is 0 Å². The molecular formula is C20H18Zr. The quantitative estimate of drug-likeness (QED) is 0.356. The third-order valence-electron chi connectivity index (χ3n) is 3.52. The van der Waals surface area contributed by atoms with Gasteiger partial charge >= 0.3 is 26.2 Å². The molecule has 4 aromatic rings. The summed E-state index contributed by atoms with van der Waals surface area (Å²) in [5.74, 6) is 0. The van der Waals surface area contributed by atoms with Gasteiger partial charge in [0, 0.05) is 0 Å². The molecule has 0 N–H and O–H groups in total. The Balaban J connectivity index is 0.000000147. The first-order chi connectivity index (χ1) is 9.72. The number of aryl methyl sites for hydroxylation is 2. The van der Waals surface area contributed by atoms with Gasteiger partial charge in [0.05, 0.1) is 0 Å². The van der Waals surface area contributed by atoms with Crippen molar-refractivity contribution in [3.63, 3.8) is 0 Å². The number of hydrogen-bond donors (Lipinski definition) is 0.